The standard InChI is InChI=1S/C25H24N6O3/c1-26-23-18-9-27-22(30-24(32)13-2-3-13)8-17(18)19(10-28-23)25-29-20-7-14(4-5-21(20)34-25)31-11-16-6-15(31)12-33-16/h4-5,7-10,13,15-16H,2-3,6,11-12H2,1H3,(H,26,28)(H,27,30,32)/t15-,16-/m0/s1. The van der Waals surface area contributed by atoms with Gasteiger partial charge in [-0.05, 0) is 43.5 Å². The zero-order valence-corrected chi connectivity index (χ0v) is 18.7. The fraction of sp³-hybridized carbons (Fsp3) is 0.360. The van der Waals surface area contributed by atoms with Crippen LogP contribution in [0.15, 0.2) is 41.1 Å². The molecule has 9 heteroatoms. The molecule has 1 aromatic carbocycles. The Hall–Kier alpha value is -3.72. The Bertz CT molecular complexity index is 1450. The van der Waals surface area contributed by atoms with E-state index in [-0.39, 0.29) is 11.8 Å². The Morgan fingerprint density at radius 2 is 2.06 bits per heavy atom. The molecule has 2 N–H and O–H groups in total. The van der Waals surface area contributed by atoms with E-state index < -0.39 is 0 Å². The number of benzene rings is 1. The first-order valence-corrected chi connectivity index (χ1v) is 11.7. The lowest BCUT2D eigenvalue weighted by atomic mass is 10.1. The van der Waals surface area contributed by atoms with Gasteiger partial charge in [-0.1, -0.05) is 0 Å². The highest BCUT2D eigenvalue weighted by Gasteiger charge is 2.39. The van der Waals surface area contributed by atoms with Crippen LogP contribution < -0.4 is 15.5 Å². The second kappa shape index (κ2) is 7.39. The highest BCUT2D eigenvalue weighted by Crippen LogP contribution is 2.37. The summed E-state index contributed by atoms with van der Waals surface area (Å²) in [5.74, 6) is 1.83. The molecule has 0 unspecified atom stereocenters. The number of hydrogen-bond acceptors (Lipinski definition) is 8. The number of morpholine rings is 1. The molecule has 172 valence electrons. The molecule has 2 saturated heterocycles. The van der Waals surface area contributed by atoms with E-state index in [2.05, 4.69) is 37.6 Å². The molecule has 0 radical (unpaired) electrons. The molecule has 34 heavy (non-hydrogen) atoms. The van der Waals surface area contributed by atoms with Crippen molar-refractivity contribution in [2.75, 3.05) is 35.7 Å². The number of rotatable bonds is 5. The zero-order chi connectivity index (χ0) is 22.8. The summed E-state index contributed by atoms with van der Waals surface area (Å²) in [6.45, 7) is 1.71. The van der Waals surface area contributed by atoms with Crippen molar-refractivity contribution >= 4 is 45.1 Å². The molecule has 0 spiro atoms. The summed E-state index contributed by atoms with van der Waals surface area (Å²) in [5, 5.41) is 7.74. The molecule has 4 aromatic rings. The van der Waals surface area contributed by atoms with Gasteiger partial charge in [0, 0.05) is 48.4 Å². The summed E-state index contributed by atoms with van der Waals surface area (Å²) < 4.78 is 11.9. The van der Waals surface area contributed by atoms with Gasteiger partial charge < -0.3 is 24.7 Å². The van der Waals surface area contributed by atoms with Crippen molar-refractivity contribution in [3.63, 3.8) is 0 Å². The predicted octanol–water partition coefficient (Wildman–Crippen LogP) is 3.81. The Kier molecular flexibility index (Phi) is 4.29. The number of carbonyl (C=O) groups excluding carboxylic acids is 1. The molecule has 1 saturated carbocycles. The molecule has 1 amide bonds. The van der Waals surface area contributed by atoms with Crippen LogP contribution in [0.5, 0.6) is 0 Å². The lowest BCUT2D eigenvalue weighted by Gasteiger charge is -2.28. The number of oxazole rings is 1. The normalized spacial score (nSPS) is 21.5. The van der Waals surface area contributed by atoms with Crippen LogP contribution in [0.1, 0.15) is 19.3 Å². The third kappa shape index (κ3) is 3.19. The molecule has 3 aliphatic rings. The number of carbonyl (C=O) groups is 1. The minimum absolute atomic E-state index is 0.0201. The minimum Gasteiger partial charge on any atom is -0.436 e. The predicted molar refractivity (Wildman–Crippen MR) is 129 cm³/mol. The van der Waals surface area contributed by atoms with Crippen molar-refractivity contribution in [2.24, 2.45) is 5.92 Å². The van der Waals surface area contributed by atoms with Gasteiger partial charge in [-0.15, -0.1) is 0 Å². The highest BCUT2D eigenvalue weighted by atomic mass is 16.5. The molecule has 7 rings (SSSR count). The van der Waals surface area contributed by atoms with E-state index in [0.717, 1.165) is 65.5 Å². The summed E-state index contributed by atoms with van der Waals surface area (Å²) in [4.78, 5) is 28.5. The van der Waals surface area contributed by atoms with Gasteiger partial charge in [-0.3, -0.25) is 4.79 Å². The maximum Gasteiger partial charge on any atom is 0.229 e. The molecule has 1 aliphatic carbocycles. The van der Waals surface area contributed by atoms with E-state index in [1.54, 1.807) is 12.4 Å². The zero-order valence-electron chi connectivity index (χ0n) is 18.7. The number of amides is 1. The van der Waals surface area contributed by atoms with E-state index in [9.17, 15) is 4.79 Å². The van der Waals surface area contributed by atoms with E-state index >= 15 is 0 Å². The second-order valence-corrected chi connectivity index (χ2v) is 9.32. The van der Waals surface area contributed by atoms with Gasteiger partial charge in [-0.25, -0.2) is 15.0 Å². The fourth-order valence-corrected chi connectivity index (χ4v) is 5.07. The summed E-state index contributed by atoms with van der Waals surface area (Å²) in [6.07, 6.45) is 6.78. The molecular formula is C25H24N6O3. The van der Waals surface area contributed by atoms with Crippen LogP contribution in [0.4, 0.5) is 17.3 Å². The van der Waals surface area contributed by atoms with E-state index in [0.29, 0.717) is 29.7 Å². The van der Waals surface area contributed by atoms with Crippen LogP contribution in [0.3, 0.4) is 0 Å². The number of hydrogen-bond donors (Lipinski definition) is 2. The first kappa shape index (κ1) is 19.7. The Labute approximate surface area is 195 Å². The summed E-state index contributed by atoms with van der Waals surface area (Å²) >= 11 is 0. The van der Waals surface area contributed by atoms with Crippen LogP contribution in [0, 0.1) is 5.92 Å². The lowest BCUT2D eigenvalue weighted by molar-refractivity contribution is -0.117. The van der Waals surface area contributed by atoms with Gasteiger partial charge in [0.25, 0.3) is 0 Å². The van der Waals surface area contributed by atoms with Crippen LogP contribution in [-0.2, 0) is 9.53 Å². The molecule has 2 bridgehead atoms. The third-order valence-electron chi connectivity index (χ3n) is 7.04. The molecule has 2 aliphatic heterocycles. The maximum absolute atomic E-state index is 12.3. The van der Waals surface area contributed by atoms with Crippen molar-refractivity contribution < 1.29 is 13.9 Å². The lowest BCUT2D eigenvalue weighted by Crippen LogP contribution is -2.36. The molecule has 9 nitrogen and oxygen atoms in total. The number of nitrogens with zero attached hydrogens (tertiary/aromatic N) is 4. The average molecular weight is 457 g/mol. The molecule has 2 atom stereocenters. The first-order chi connectivity index (χ1) is 16.7. The molecule has 3 fully saturated rings. The van der Waals surface area contributed by atoms with Gasteiger partial charge in [-0.2, -0.15) is 0 Å². The number of ether oxygens (including phenoxy) is 1. The van der Waals surface area contributed by atoms with Crippen molar-refractivity contribution in [2.45, 2.75) is 31.4 Å². The molecule has 3 aromatic heterocycles. The van der Waals surface area contributed by atoms with Crippen LogP contribution in [0.2, 0.25) is 0 Å². The van der Waals surface area contributed by atoms with Gasteiger partial charge >= 0.3 is 0 Å². The van der Waals surface area contributed by atoms with Crippen molar-refractivity contribution in [3.8, 4) is 11.5 Å². The average Bonchev–Trinajstić information content (AvgIpc) is 3.29. The Morgan fingerprint density at radius 3 is 2.82 bits per heavy atom. The quantitative estimate of drug-likeness (QED) is 0.467. The van der Waals surface area contributed by atoms with Gasteiger partial charge in [0.2, 0.25) is 11.8 Å². The maximum atomic E-state index is 12.3. The second-order valence-electron chi connectivity index (χ2n) is 9.32. The van der Waals surface area contributed by atoms with Gasteiger partial charge in [0.15, 0.2) is 5.58 Å². The minimum atomic E-state index is 0.0201. The molecule has 5 heterocycles. The summed E-state index contributed by atoms with van der Waals surface area (Å²) in [7, 11) is 1.82. The van der Waals surface area contributed by atoms with E-state index in [1.165, 1.54) is 0 Å². The number of aromatic nitrogens is 3. The SMILES string of the molecule is CNc1ncc(-c2nc3cc(N4C[C@@H]5C[C@H]4CO5)ccc3o2)c2cc(NC(=O)C3CC3)ncc12. The first-order valence-electron chi connectivity index (χ1n) is 11.7. The van der Waals surface area contributed by atoms with Crippen molar-refractivity contribution in [1.82, 2.24) is 15.0 Å². The molecular weight excluding hydrogens is 432 g/mol. The topological polar surface area (TPSA) is 105 Å². The third-order valence-corrected chi connectivity index (χ3v) is 7.04. The number of nitrogens with one attached hydrogen (secondary N) is 2. The smallest absolute Gasteiger partial charge is 0.229 e. The fourth-order valence-electron chi connectivity index (χ4n) is 5.07. The van der Waals surface area contributed by atoms with Crippen LogP contribution in [-0.4, -0.2) is 53.2 Å². The van der Waals surface area contributed by atoms with Crippen LogP contribution in [0.25, 0.3) is 33.3 Å². The van der Waals surface area contributed by atoms with E-state index in [1.807, 2.05) is 19.2 Å². The monoisotopic (exact) mass is 456 g/mol. The highest BCUT2D eigenvalue weighted by molar-refractivity contribution is 6.03. The van der Waals surface area contributed by atoms with Crippen molar-refractivity contribution in [1.29, 1.82) is 0 Å². The van der Waals surface area contributed by atoms with Crippen LogP contribution >= 0.6 is 0 Å². The summed E-state index contributed by atoms with van der Waals surface area (Å²) in [6, 6.07) is 8.47. The number of fused-ring (bicyclic) bond motifs is 4. The van der Waals surface area contributed by atoms with Gasteiger partial charge in [0.05, 0.1) is 24.3 Å². The van der Waals surface area contributed by atoms with Crippen molar-refractivity contribution in [3.05, 3.63) is 36.7 Å². The van der Waals surface area contributed by atoms with Gasteiger partial charge in [0.1, 0.15) is 17.2 Å². The Balaban J connectivity index is 1.29. The largest absolute Gasteiger partial charge is 0.436 e. The number of anilines is 3. The van der Waals surface area contributed by atoms with E-state index in [4.69, 9.17) is 14.1 Å². The Morgan fingerprint density at radius 1 is 1.15 bits per heavy atom. The summed E-state index contributed by atoms with van der Waals surface area (Å²) in [5.41, 5.74) is 3.43. The number of pyridine rings is 2.